The maximum atomic E-state index is 11.1. The molecule has 1 aromatic rings. The molecule has 0 aliphatic carbocycles. The van der Waals surface area contributed by atoms with Crippen molar-refractivity contribution in [3.8, 4) is 0 Å². The minimum Gasteiger partial charge on any atom is -0.480 e. The highest BCUT2D eigenvalue weighted by atomic mass is 35.5. The number of carbonyl (C=O) groups is 1. The van der Waals surface area contributed by atoms with Gasteiger partial charge in [0.15, 0.2) is 0 Å². The Morgan fingerprint density at radius 1 is 1.36 bits per heavy atom. The summed E-state index contributed by atoms with van der Waals surface area (Å²) in [6, 6.07) is 2.13. The quantitative estimate of drug-likeness (QED) is 0.478. The number of alkyl halides is 1. The van der Waals surface area contributed by atoms with Crippen LogP contribution in [0.3, 0.4) is 0 Å². The average molecular weight is 331 g/mol. The van der Waals surface area contributed by atoms with E-state index in [1.807, 2.05) is 0 Å². The Kier molecular flexibility index (Phi) is 4.43. The van der Waals surface area contributed by atoms with Crippen LogP contribution in [0.25, 0.3) is 0 Å². The molecule has 11 heteroatoms. The van der Waals surface area contributed by atoms with Crippen LogP contribution in [0.5, 0.6) is 0 Å². The molecule has 1 fully saturated rings. The van der Waals surface area contributed by atoms with Crippen molar-refractivity contribution < 1.29 is 19.7 Å². The molecule has 0 radical (unpaired) electrons. The van der Waals surface area contributed by atoms with E-state index in [0.29, 0.717) is 0 Å². The van der Waals surface area contributed by atoms with Gasteiger partial charge in [-0.25, -0.2) is 5.43 Å². The van der Waals surface area contributed by atoms with E-state index in [1.165, 1.54) is 11.1 Å². The van der Waals surface area contributed by atoms with Crippen LogP contribution in [0.4, 0.5) is 17.1 Å². The lowest BCUT2D eigenvalue weighted by atomic mass is 10.1. The number of anilines is 1. The topological polar surface area (TPSA) is 139 Å². The van der Waals surface area contributed by atoms with E-state index < -0.39 is 38.6 Å². The van der Waals surface area contributed by atoms with Gasteiger partial charge in [0, 0.05) is 6.07 Å². The number of nitrogens with zero attached hydrogens (tertiary/aromatic N) is 3. The minimum absolute atomic E-state index is 0.0206. The Bertz CT molecular complexity index is 639. The normalized spacial score (nSPS) is 21.4. The second kappa shape index (κ2) is 6.12. The number of carboxylic acid groups (broad SMARTS) is 1. The van der Waals surface area contributed by atoms with Crippen molar-refractivity contribution in [3.05, 3.63) is 38.4 Å². The number of hydrogen-bond acceptors (Lipinski definition) is 7. The predicted molar refractivity (Wildman–Crippen MR) is 75.9 cm³/mol. The second-order valence-electron chi connectivity index (χ2n) is 4.65. The van der Waals surface area contributed by atoms with Gasteiger partial charge in [-0.3, -0.25) is 30.0 Å². The van der Waals surface area contributed by atoms with Crippen molar-refractivity contribution in [2.45, 2.75) is 17.8 Å². The molecule has 1 saturated heterocycles. The van der Waals surface area contributed by atoms with Crippen LogP contribution in [0.2, 0.25) is 0 Å². The molecule has 0 unspecified atom stereocenters. The highest BCUT2D eigenvalue weighted by molar-refractivity contribution is 6.21. The molecule has 118 valence electrons. The fraction of sp³-hybridized carbons (Fsp3) is 0.364. The van der Waals surface area contributed by atoms with Gasteiger partial charge in [0.25, 0.3) is 5.69 Å². The maximum absolute atomic E-state index is 11.1. The largest absolute Gasteiger partial charge is 0.480 e. The third kappa shape index (κ3) is 3.23. The summed E-state index contributed by atoms with van der Waals surface area (Å²) in [4.78, 5) is 31.4. The van der Waals surface area contributed by atoms with Crippen LogP contribution in [0, 0.1) is 20.2 Å². The third-order valence-corrected chi connectivity index (χ3v) is 3.46. The highest BCUT2D eigenvalue weighted by Gasteiger charge is 2.33. The zero-order valence-corrected chi connectivity index (χ0v) is 11.8. The van der Waals surface area contributed by atoms with Gasteiger partial charge in [-0.2, -0.15) is 0 Å². The summed E-state index contributed by atoms with van der Waals surface area (Å²) in [5.74, 6) is -1.14. The number of hydrazine groups is 1. The summed E-state index contributed by atoms with van der Waals surface area (Å²) >= 11 is 5.99. The van der Waals surface area contributed by atoms with Gasteiger partial charge < -0.3 is 5.11 Å². The van der Waals surface area contributed by atoms with Gasteiger partial charge in [-0.1, -0.05) is 0 Å². The van der Waals surface area contributed by atoms with Gasteiger partial charge in [0.05, 0.1) is 27.8 Å². The molecule has 1 aliphatic rings. The minimum atomic E-state index is -1.14. The van der Waals surface area contributed by atoms with E-state index in [0.717, 1.165) is 12.1 Å². The monoisotopic (exact) mass is 330 g/mol. The molecule has 1 aliphatic heterocycles. The number of nitro benzene ring substituents is 2. The molecule has 2 N–H and O–H groups in total. The van der Waals surface area contributed by atoms with Crippen LogP contribution in [0.1, 0.15) is 6.42 Å². The maximum Gasteiger partial charge on any atom is 0.322 e. The Labute approximate surface area is 128 Å². The summed E-state index contributed by atoms with van der Waals surface area (Å²) in [6.45, 7) is 0.129. The number of halogens is 1. The Hall–Kier alpha value is -2.46. The Morgan fingerprint density at radius 2 is 2.05 bits per heavy atom. The van der Waals surface area contributed by atoms with Gasteiger partial charge in [-0.05, 0) is 12.5 Å². The first-order valence-electron chi connectivity index (χ1n) is 6.13. The molecular formula is C11H11ClN4O6. The molecule has 0 spiro atoms. The number of nitrogens with one attached hydrogen (secondary N) is 1. The number of benzene rings is 1. The van der Waals surface area contributed by atoms with Crippen LogP contribution in [0.15, 0.2) is 18.2 Å². The van der Waals surface area contributed by atoms with Crippen LogP contribution < -0.4 is 10.4 Å². The first kappa shape index (κ1) is 15.9. The van der Waals surface area contributed by atoms with Crippen LogP contribution >= 0.6 is 11.6 Å². The van der Waals surface area contributed by atoms with E-state index in [4.69, 9.17) is 16.7 Å². The smallest absolute Gasteiger partial charge is 0.322 e. The van der Waals surface area contributed by atoms with Crippen LogP contribution in [-0.4, -0.2) is 38.9 Å². The van der Waals surface area contributed by atoms with Gasteiger partial charge in [-0.15, -0.1) is 11.6 Å². The lowest BCUT2D eigenvalue weighted by Crippen LogP contribution is -2.56. The van der Waals surface area contributed by atoms with E-state index in [1.54, 1.807) is 0 Å². The Morgan fingerprint density at radius 3 is 2.59 bits per heavy atom. The number of non-ortho nitro benzene ring substituents is 1. The number of hydrogen-bond donors (Lipinski definition) is 2. The second-order valence-corrected chi connectivity index (χ2v) is 5.27. The van der Waals surface area contributed by atoms with Crippen molar-refractivity contribution in [1.29, 1.82) is 0 Å². The zero-order valence-electron chi connectivity index (χ0n) is 11.0. The van der Waals surface area contributed by atoms with E-state index in [2.05, 4.69) is 5.43 Å². The standard InChI is InChI=1S/C11H11ClN4O6/c12-6-3-8(11(17)18)13-14(5-6)9-2-1-7(15(19)20)4-10(9)16(21)22/h1-2,4,6,8,13H,3,5H2,(H,17,18)/t6-,8-/m0/s1. The van der Waals surface area contributed by atoms with Gasteiger partial charge in [0.2, 0.25) is 0 Å². The van der Waals surface area contributed by atoms with Gasteiger partial charge >= 0.3 is 11.7 Å². The Balaban J connectivity index is 2.40. The molecule has 22 heavy (non-hydrogen) atoms. The summed E-state index contributed by atoms with van der Waals surface area (Å²) in [5, 5.41) is 31.6. The van der Waals surface area contributed by atoms with Crippen LogP contribution in [-0.2, 0) is 4.79 Å². The fourth-order valence-electron chi connectivity index (χ4n) is 2.15. The first-order chi connectivity index (χ1) is 10.3. The van der Waals surface area contributed by atoms with Crippen molar-refractivity contribution in [3.63, 3.8) is 0 Å². The highest BCUT2D eigenvalue weighted by Crippen LogP contribution is 2.33. The molecule has 0 amide bonds. The summed E-state index contributed by atoms with van der Waals surface area (Å²) in [6.07, 6.45) is 0.161. The lowest BCUT2D eigenvalue weighted by molar-refractivity contribution is -0.393. The SMILES string of the molecule is O=C(O)[C@@H]1C[C@H](Cl)CN(c2ccc([N+](=O)[O-])cc2[N+](=O)[O-])N1. The average Bonchev–Trinajstić information content (AvgIpc) is 2.45. The van der Waals surface area contributed by atoms with Gasteiger partial charge in [0.1, 0.15) is 11.7 Å². The summed E-state index contributed by atoms with van der Waals surface area (Å²) in [7, 11) is 0. The molecule has 1 aromatic carbocycles. The number of aliphatic carboxylic acids is 1. The number of nitro groups is 2. The number of rotatable bonds is 4. The lowest BCUT2D eigenvalue weighted by Gasteiger charge is -2.35. The molecule has 1 heterocycles. The van der Waals surface area contributed by atoms with E-state index >= 15 is 0 Å². The molecule has 10 nitrogen and oxygen atoms in total. The predicted octanol–water partition coefficient (Wildman–Crippen LogP) is 1.28. The molecule has 0 saturated carbocycles. The summed E-state index contributed by atoms with van der Waals surface area (Å²) in [5.41, 5.74) is 1.71. The third-order valence-electron chi connectivity index (χ3n) is 3.14. The van der Waals surface area contributed by atoms with Crippen molar-refractivity contribution in [2.75, 3.05) is 11.6 Å². The molecule has 2 rings (SSSR count). The number of carboxylic acids is 1. The van der Waals surface area contributed by atoms with Crippen molar-refractivity contribution in [1.82, 2.24) is 5.43 Å². The molecule has 0 aromatic heterocycles. The van der Waals surface area contributed by atoms with E-state index in [-0.39, 0.29) is 18.7 Å². The molecular weight excluding hydrogens is 320 g/mol. The first-order valence-corrected chi connectivity index (χ1v) is 6.56. The van der Waals surface area contributed by atoms with E-state index in [9.17, 15) is 25.0 Å². The van der Waals surface area contributed by atoms with Crippen molar-refractivity contribution >= 4 is 34.6 Å². The summed E-state index contributed by atoms with van der Waals surface area (Å²) < 4.78 is 0. The molecule has 0 bridgehead atoms. The van der Waals surface area contributed by atoms with Crippen molar-refractivity contribution in [2.24, 2.45) is 0 Å². The molecule has 2 atom stereocenters. The fourth-order valence-corrected chi connectivity index (χ4v) is 2.46. The zero-order chi connectivity index (χ0) is 16.4.